The summed E-state index contributed by atoms with van der Waals surface area (Å²) in [4.78, 5) is 4.30. The van der Waals surface area contributed by atoms with E-state index in [9.17, 15) is 0 Å². The van der Waals surface area contributed by atoms with Crippen LogP contribution in [0.3, 0.4) is 0 Å². The SMILES string of the molecule is NCc1nc2oc3ccccc3c2s1. The van der Waals surface area contributed by atoms with Crippen molar-refractivity contribution in [1.29, 1.82) is 0 Å². The van der Waals surface area contributed by atoms with Crippen molar-refractivity contribution < 1.29 is 4.42 Å². The summed E-state index contributed by atoms with van der Waals surface area (Å²) < 4.78 is 6.68. The summed E-state index contributed by atoms with van der Waals surface area (Å²) in [6, 6.07) is 7.95. The van der Waals surface area contributed by atoms with Gasteiger partial charge >= 0.3 is 0 Å². The van der Waals surface area contributed by atoms with Crippen LogP contribution in [0.25, 0.3) is 21.4 Å². The quantitative estimate of drug-likeness (QED) is 0.662. The minimum absolute atomic E-state index is 0.475. The number of furan rings is 1. The molecule has 3 aromatic rings. The number of nitrogens with two attached hydrogens (primary N) is 1. The van der Waals surface area contributed by atoms with Gasteiger partial charge in [0.15, 0.2) is 0 Å². The van der Waals surface area contributed by atoms with E-state index < -0.39 is 0 Å². The molecular formula is C10H8N2OS. The van der Waals surface area contributed by atoms with Crippen LogP contribution >= 0.6 is 11.3 Å². The smallest absolute Gasteiger partial charge is 0.238 e. The molecule has 1 aromatic carbocycles. The molecule has 2 aromatic heterocycles. The normalized spacial score (nSPS) is 11.5. The second-order valence-corrected chi connectivity index (χ2v) is 4.13. The van der Waals surface area contributed by atoms with Crippen molar-refractivity contribution in [2.24, 2.45) is 5.73 Å². The van der Waals surface area contributed by atoms with Gasteiger partial charge in [0, 0.05) is 11.9 Å². The highest BCUT2D eigenvalue weighted by molar-refractivity contribution is 7.19. The maximum absolute atomic E-state index is 5.58. The maximum atomic E-state index is 5.58. The Morgan fingerprint density at radius 3 is 3.07 bits per heavy atom. The fraction of sp³-hybridized carbons (Fsp3) is 0.100. The molecule has 0 amide bonds. The number of aromatic nitrogens is 1. The zero-order valence-electron chi connectivity index (χ0n) is 7.36. The molecule has 0 fully saturated rings. The third kappa shape index (κ3) is 0.981. The number of rotatable bonds is 1. The lowest BCUT2D eigenvalue weighted by atomic mass is 10.3. The van der Waals surface area contributed by atoms with Gasteiger partial charge in [-0.1, -0.05) is 12.1 Å². The second-order valence-electron chi connectivity index (χ2n) is 3.04. The van der Waals surface area contributed by atoms with Crippen molar-refractivity contribution in [2.45, 2.75) is 6.54 Å². The highest BCUT2D eigenvalue weighted by atomic mass is 32.1. The number of para-hydroxylation sites is 1. The van der Waals surface area contributed by atoms with Gasteiger partial charge in [0.25, 0.3) is 0 Å². The molecule has 2 heterocycles. The molecule has 0 aliphatic heterocycles. The van der Waals surface area contributed by atoms with Crippen molar-refractivity contribution in [3.63, 3.8) is 0 Å². The molecule has 0 aliphatic carbocycles. The second kappa shape index (κ2) is 2.80. The first-order chi connectivity index (χ1) is 6.88. The van der Waals surface area contributed by atoms with Crippen LogP contribution in [-0.2, 0) is 6.54 Å². The van der Waals surface area contributed by atoms with Crippen LogP contribution in [0.2, 0.25) is 0 Å². The Balaban J connectivity index is 2.45. The lowest BCUT2D eigenvalue weighted by Gasteiger charge is -1.85. The Labute approximate surface area is 84.2 Å². The molecule has 0 atom stereocenters. The van der Waals surface area contributed by atoms with E-state index >= 15 is 0 Å². The van der Waals surface area contributed by atoms with Gasteiger partial charge in [-0.2, -0.15) is 0 Å². The number of hydrogen-bond acceptors (Lipinski definition) is 4. The van der Waals surface area contributed by atoms with E-state index in [4.69, 9.17) is 10.2 Å². The summed E-state index contributed by atoms with van der Waals surface area (Å²) >= 11 is 1.60. The monoisotopic (exact) mass is 204 g/mol. The summed E-state index contributed by atoms with van der Waals surface area (Å²) in [5.74, 6) is 0. The highest BCUT2D eigenvalue weighted by Gasteiger charge is 2.10. The Bertz CT molecular complexity index is 596. The number of nitrogens with zero attached hydrogens (tertiary/aromatic N) is 1. The average molecular weight is 204 g/mol. The molecule has 14 heavy (non-hydrogen) atoms. The van der Waals surface area contributed by atoms with Crippen molar-refractivity contribution in [1.82, 2.24) is 4.98 Å². The molecule has 4 heteroatoms. The summed E-state index contributed by atoms with van der Waals surface area (Å²) in [5, 5.41) is 2.05. The van der Waals surface area contributed by atoms with E-state index in [1.807, 2.05) is 24.3 Å². The van der Waals surface area contributed by atoms with Crippen LogP contribution in [-0.4, -0.2) is 4.98 Å². The third-order valence-electron chi connectivity index (χ3n) is 2.15. The highest BCUT2D eigenvalue weighted by Crippen LogP contribution is 2.32. The number of thiazole rings is 1. The molecule has 2 N–H and O–H groups in total. The van der Waals surface area contributed by atoms with Crippen molar-refractivity contribution in [2.75, 3.05) is 0 Å². The zero-order valence-corrected chi connectivity index (χ0v) is 8.17. The van der Waals surface area contributed by atoms with Crippen LogP contribution in [0.4, 0.5) is 0 Å². The Morgan fingerprint density at radius 2 is 2.21 bits per heavy atom. The van der Waals surface area contributed by atoms with E-state index in [0.29, 0.717) is 12.3 Å². The zero-order chi connectivity index (χ0) is 9.54. The van der Waals surface area contributed by atoms with Gasteiger partial charge in [-0.05, 0) is 12.1 Å². The van der Waals surface area contributed by atoms with E-state index in [1.165, 1.54) is 0 Å². The summed E-state index contributed by atoms with van der Waals surface area (Å²) in [5.41, 5.74) is 7.12. The molecule has 0 saturated heterocycles. The summed E-state index contributed by atoms with van der Waals surface area (Å²) in [7, 11) is 0. The van der Waals surface area contributed by atoms with Crippen LogP contribution in [0, 0.1) is 0 Å². The molecule has 3 nitrogen and oxygen atoms in total. The van der Waals surface area contributed by atoms with Crippen LogP contribution in [0.15, 0.2) is 28.7 Å². The Hall–Kier alpha value is -1.39. The van der Waals surface area contributed by atoms with Crippen LogP contribution < -0.4 is 5.73 Å². The van der Waals surface area contributed by atoms with E-state index in [-0.39, 0.29) is 0 Å². The van der Waals surface area contributed by atoms with E-state index in [0.717, 1.165) is 20.7 Å². The van der Waals surface area contributed by atoms with E-state index in [1.54, 1.807) is 11.3 Å². The minimum atomic E-state index is 0.475. The van der Waals surface area contributed by atoms with Gasteiger partial charge in [0.1, 0.15) is 15.3 Å². The van der Waals surface area contributed by atoms with Gasteiger partial charge in [0.05, 0.1) is 0 Å². The fourth-order valence-corrected chi connectivity index (χ4v) is 2.42. The lowest BCUT2D eigenvalue weighted by molar-refractivity contribution is 0.654. The topological polar surface area (TPSA) is 52.0 Å². The lowest BCUT2D eigenvalue weighted by Crippen LogP contribution is -1.93. The Kier molecular flexibility index (Phi) is 1.59. The standard InChI is InChI=1S/C10H8N2OS/c11-5-8-12-10-9(14-8)6-3-1-2-4-7(6)13-10/h1-4H,5,11H2. The first-order valence-corrected chi connectivity index (χ1v) is 5.17. The van der Waals surface area contributed by atoms with Gasteiger partial charge in [0.2, 0.25) is 5.71 Å². The Morgan fingerprint density at radius 1 is 1.36 bits per heavy atom. The molecule has 0 aliphatic rings. The molecule has 0 spiro atoms. The largest absolute Gasteiger partial charge is 0.437 e. The van der Waals surface area contributed by atoms with Crippen molar-refractivity contribution >= 4 is 32.7 Å². The van der Waals surface area contributed by atoms with Crippen LogP contribution in [0.5, 0.6) is 0 Å². The molecule has 3 rings (SSSR count). The van der Waals surface area contributed by atoms with Gasteiger partial charge in [-0.3, -0.25) is 0 Å². The number of fused-ring (bicyclic) bond motifs is 3. The molecule has 70 valence electrons. The predicted molar refractivity (Wildman–Crippen MR) is 57.3 cm³/mol. The molecule has 0 bridgehead atoms. The first-order valence-electron chi connectivity index (χ1n) is 4.35. The molecule has 0 radical (unpaired) electrons. The minimum Gasteiger partial charge on any atom is -0.437 e. The van der Waals surface area contributed by atoms with E-state index in [2.05, 4.69) is 4.98 Å². The molecule has 0 saturated carbocycles. The van der Waals surface area contributed by atoms with Gasteiger partial charge in [-0.25, -0.2) is 4.98 Å². The number of benzene rings is 1. The third-order valence-corrected chi connectivity index (χ3v) is 3.25. The maximum Gasteiger partial charge on any atom is 0.238 e. The molecular weight excluding hydrogens is 196 g/mol. The first kappa shape index (κ1) is 7.96. The van der Waals surface area contributed by atoms with Crippen molar-refractivity contribution in [3.05, 3.63) is 29.3 Å². The van der Waals surface area contributed by atoms with Gasteiger partial charge < -0.3 is 10.2 Å². The average Bonchev–Trinajstić information content (AvgIpc) is 2.73. The summed E-state index contributed by atoms with van der Waals surface area (Å²) in [6.07, 6.45) is 0. The molecule has 0 unspecified atom stereocenters. The van der Waals surface area contributed by atoms with Crippen molar-refractivity contribution in [3.8, 4) is 0 Å². The fourth-order valence-electron chi connectivity index (χ4n) is 1.52. The number of hydrogen-bond donors (Lipinski definition) is 1. The predicted octanol–water partition coefficient (Wildman–Crippen LogP) is 2.50. The van der Waals surface area contributed by atoms with Gasteiger partial charge in [-0.15, -0.1) is 11.3 Å². The van der Waals surface area contributed by atoms with Crippen LogP contribution in [0.1, 0.15) is 5.01 Å². The summed E-state index contributed by atoms with van der Waals surface area (Å²) in [6.45, 7) is 0.475.